The van der Waals surface area contributed by atoms with Crippen LogP contribution in [-0.4, -0.2) is 28.8 Å². The third-order valence-electron chi connectivity index (χ3n) is 2.05. The van der Waals surface area contributed by atoms with Crippen molar-refractivity contribution < 1.29 is 9.53 Å². The van der Waals surface area contributed by atoms with Crippen LogP contribution in [0.4, 0.5) is 11.6 Å². The van der Waals surface area contributed by atoms with E-state index in [1.165, 1.54) is 24.9 Å². The maximum absolute atomic E-state index is 11.5. The van der Waals surface area contributed by atoms with Crippen LogP contribution in [0.15, 0.2) is 11.2 Å². The van der Waals surface area contributed by atoms with E-state index >= 15 is 0 Å². The standard InChI is InChI=1S/C10H16N4O2S/c1-10(2,8(15)16-3)5-17-9-13-6(11)4-7(12)14-9/h4H,5H2,1-3H3,(H4,11,12,13,14). The summed E-state index contributed by atoms with van der Waals surface area (Å²) < 4.78 is 4.71. The number of rotatable bonds is 4. The summed E-state index contributed by atoms with van der Waals surface area (Å²) in [4.78, 5) is 19.5. The first-order valence-corrected chi connectivity index (χ1v) is 5.95. The molecule has 0 aliphatic rings. The largest absolute Gasteiger partial charge is 0.469 e. The van der Waals surface area contributed by atoms with Gasteiger partial charge in [0, 0.05) is 11.8 Å². The highest BCUT2D eigenvalue weighted by atomic mass is 32.2. The van der Waals surface area contributed by atoms with Crippen LogP contribution in [0.3, 0.4) is 0 Å². The smallest absolute Gasteiger partial charge is 0.312 e. The van der Waals surface area contributed by atoms with E-state index in [4.69, 9.17) is 16.2 Å². The van der Waals surface area contributed by atoms with Crippen molar-refractivity contribution in [3.63, 3.8) is 0 Å². The minimum absolute atomic E-state index is 0.276. The zero-order valence-electron chi connectivity index (χ0n) is 10.1. The highest BCUT2D eigenvalue weighted by Crippen LogP contribution is 2.27. The normalized spacial score (nSPS) is 11.2. The molecule has 0 aliphatic heterocycles. The second-order valence-electron chi connectivity index (χ2n) is 4.16. The van der Waals surface area contributed by atoms with Gasteiger partial charge in [0.1, 0.15) is 11.6 Å². The third kappa shape index (κ3) is 3.77. The van der Waals surface area contributed by atoms with Gasteiger partial charge in [0.2, 0.25) is 0 Å². The summed E-state index contributed by atoms with van der Waals surface area (Å²) in [6.07, 6.45) is 0. The molecule has 1 rings (SSSR count). The van der Waals surface area contributed by atoms with Crippen LogP contribution in [0, 0.1) is 5.41 Å². The molecular weight excluding hydrogens is 240 g/mol. The van der Waals surface area contributed by atoms with E-state index in [1.807, 2.05) is 0 Å². The number of ether oxygens (including phenoxy) is 1. The number of anilines is 2. The molecule has 0 amide bonds. The van der Waals surface area contributed by atoms with Crippen LogP contribution in [0.5, 0.6) is 0 Å². The van der Waals surface area contributed by atoms with Crippen LogP contribution in [-0.2, 0) is 9.53 Å². The molecular formula is C10H16N4O2S. The molecule has 4 N–H and O–H groups in total. The van der Waals surface area contributed by atoms with Gasteiger partial charge in [-0.05, 0) is 13.8 Å². The van der Waals surface area contributed by atoms with Crippen molar-refractivity contribution in [1.82, 2.24) is 9.97 Å². The number of carbonyl (C=O) groups is 1. The van der Waals surface area contributed by atoms with Crippen molar-refractivity contribution >= 4 is 29.4 Å². The number of esters is 1. The molecule has 94 valence electrons. The van der Waals surface area contributed by atoms with Gasteiger partial charge < -0.3 is 16.2 Å². The predicted molar refractivity (Wildman–Crippen MR) is 67.4 cm³/mol. The van der Waals surface area contributed by atoms with Crippen molar-refractivity contribution in [1.29, 1.82) is 0 Å². The third-order valence-corrected chi connectivity index (χ3v) is 3.35. The lowest BCUT2D eigenvalue weighted by molar-refractivity contribution is -0.149. The van der Waals surface area contributed by atoms with Gasteiger partial charge in [0.05, 0.1) is 12.5 Å². The van der Waals surface area contributed by atoms with Crippen LogP contribution in [0.25, 0.3) is 0 Å². The first-order chi connectivity index (χ1) is 7.85. The van der Waals surface area contributed by atoms with Gasteiger partial charge in [-0.15, -0.1) is 0 Å². The lowest BCUT2D eigenvalue weighted by Gasteiger charge is -2.20. The number of nitrogens with two attached hydrogens (primary N) is 2. The van der Waals surface area contributed by atoms with Gasteiger partial charge in [0.25, 0.3) is 0 Å². The maximum atomic E-state index is 11.5. The van der Waals surface area contributed by atoms with Crippen molar-refractivity contribution in [2.24, 2.45) is 5.41 Å². The molecule has 0 aromatic carbocycles. The number of carbonyl (C=O) groups excluding carboxylic acids is 1. The second kappa shape index (κ2) is 5.22. The van der Waals surface area contributed by atoms with Crippen LogP contribution in [0.2, 0.25) is 0 Å². The fourth-order valence-corrected chi connectivity index (χ4v) is 2.05. The Morgan fingerprint density at radius 3 is 2.41 bits per heavy atom. The molecule has 0 unspecified atom stereocenters. The van der Waals surface area contributed by atoms with Gasteiger partial charge in [-0.3, -0.25) is 4.79 Å². The molecule has 0 saturated carbocycles. The fourth-order valence-electron chi connectivity index (χ4n) is 1.11. The van der Waals surface area contributed by atoms with E-state index in [2.05, 4.69) is 9.97 Å². The van der Waals surface area contributed by atoms with Gasteiger partial charge >= 0.3 is 5.97 Å². The van der Waals surface area contributed by atoms with Crippen molar-refractivity contribution in [2.45, 2.75) is 19.0 Å². The summed E-state index contributed by atoms with van der Waals surface area (Å²) in [5.41, 5.74) is 10.5. The molecule has 0 radical (unpaired) electrons. The second-order valence-corrected chi connectivity index (χ2v) is 5.11. The monoisotopic (exact) mass is 256 g/mol. The number of nitrogen functional groups attached to an aromatic ring is 2. The summed E-state index contributed by atoms with van der Waals surface area (Å²) in [5.74, 6) is 0.844. The number of aromatic nitrogens is 2. The van der Waals surface area contributed by atoms with E-state index in [-0.39, 0.29) is 5.97 Å². The molecule has 1 heterocycles. The zero-order valence-corrected chi connectivity index (χ0v) is 10.9. The van der Waals surface area contributed by atoms with Crippen LogP contribution < -0.4 is 11.5 Å². The van der Waals surface area contributed by atoms with Gasteiger partial charge in [-0.1, -0.05) is 11.8 Å². The van der Waals surface area contributed by atoms with Gasteiger partial charge in [0.15, 0.2) is 5.16 Å². The Kier molecular flexibility index (Phi) is 4.17. The van der Waals surface area contributed by atoms with Gasteiger partial charge in [-0.2, -0.15) is 0 Å². The Balaban J connectivity index is 2.70. The summed E-state index contributed by atoms with van der Waals surface area (Å²) in [6.45, 7) is 3.59. The predicted octanol–water partition coefficient (Wildman–Crippen LogP) is 0.932. The highest BCUT2D eigenvalue weighted by molar-refractivity contribution is 7.99. The number of thioether (sulfide) groups is 1. The summed E-state index contributed by atoms with van der Waals surface area (Å²) >= 11 is 1.32. The molecule has 0 bridgehead atoms. The lowest BCUT2D eigenvalue weighted by Crippen LogP contribution is -2.28. The average Bonchev–Trinajstić information content (AvgIpc) is 2.24. The molecule has 0 aliphatic carbocycles. The molecule has 0 spiro atoms. The number of hydrogen-bond donors (Lipinski definition) is 2. The van der Waals surface area contributed by atoms with Gasteiger partial charge in [-0.25, -0.2) is 9.97 Å². The Hall–Kier alpha value is -1.50. The Labute approximate surface area is 104 Å². The molecule has 17 heavy (non-hydrogen) atoms. The van der Waals surface area contributed by atoms with E-state index < -0.39 is 5.41 Å². The van der Waals surface area contributed by atoms with Crippen LogP contribution in [0.1, 0.15) is 13.8 Å². The molecule has 0 atom stereocenters. The SMILES string of the molecule is COC(=O)C(C)(C)CSc1nc(N)cc(N)n1. The van der Waals surface area contributed by atoms with Crippen molar-refractivity contribution in [3.05, 3.63) is 6.07 Å². The number of nitrogens with zero attached hydrogens (tertiary/aromatic N) is 2. The molecule has 0 saturated heterocycles. The Morgan fingerprint density at radius 1 is 1.41 bits per heavy atom. The fraction of sp³-hybridized carbons (Fsp3) is 0.500. The molecule has 1 aromatic rings. The highest BCUT2D eigenvalue weighted by Gasteiger charge is 2.29. The minimum atomic E-state index is -0.609. The minimum Gasteiger partial charge on any atom is -0.469 e. The topological polar surface area (TPSA) is 104 Å². The van der Waals surface area contributed by atoms with E-state index in [0.29, 0.717) is 22.5 Å². The van der Waals surface area contributed by atoms with Crippen molar-refractivity contribution in [3.8, 4) is 0 Å². The van der Waals surface area contributed by atoms with E-state index in [9.17, 15) is 4.79 Å². The number of hydrogen-bond acceptors (Lipinski definition) is 7. The first-order valence-electron chi connectivity index (χ1n) is 4.96. The molecule has 0 fully saturated rings. The zero-order chi connectivity index (χ0) is 13.1. The molecule has 1 aromatic heterocycles. The summed E-state index contributed by atoms with van der Waals surface area (Å²) in [5, 5.41) is 0.458. The Morgan fingerprint density at radius 2 is 1.94 bits per heavy atom. The first kappa shape index (κ1) is 13.6. The summed E-state index contributed by atoms with van der Waals surface area (Å²) in [7, 11) is 1.36. The summed E-state index contributed by atoms with van der Waals surface area (Å²) in [6, 6.07) is 1.48. The van der Waals surface area contributed by atoms with E-state index in [1.54, 1.807) is 13.8 Å². The lowest BCUT2D eigenvalue weighted by atomic mass is 9.97. The van der Waals surface area contributed by atoms with Crippen LogP contribution >= 0.6 is 11.8 Å². The molecule has 7 heteroatoms. The molecule has 6 nitrogen and oxygen atoms in total. The average molecular weight is 256 g/mol. The quantitative estimate of drug-likeness (QED) is 0.469. The van der Waals surface area contributed by atoms with Crippen molar-refractivity contribution in [2.75, 3.05) is 24.3 Å². The maximum Gasteiger partial charge on any atom is 0.312 e. The van der Waals surface area contributed by atoms with E-state index in [0.717, 1.165) is 0 Å². The Bertz CT molecular complexity index is 403. The number of methoxy groups -OCH3 is 1.